The number of anilines is 1. The van der Waals surface area contributed by atoms with Gasteiger partial charge in [0.05, 0.1) is 6.61 Å². The van der Waals surface area contributed by atoms with Crippen LogP contribution in [0.1, 0.15) is 5.56 Å². The van der Waals surface area contributed by atoms with Crippen LogP contribution in [-0.4, -0.2) is 37.6 Å². The summed E-state index contributed by atoms with van der Waals surface area (Å²) >= 11 is 1.33. The van der Waals surface area contributed by atoms with Crippen molar-refractivity contribution in [1.29, 1.82) is 0 Å². The second-order valence-corrected chi connectivity index (χ2v) is 5.45. The van der Waals surface area contributed by atoms with E-state index in [4.69, 9.17) is 0 Å². The van der Waals surface area contributed by atoms with Crippen molar-refractivity contribution in [2.75, 3.05) is 18.1 Å². The summed E-state index contributed by atoms with van der Waals surface area (Å²) in [6.07, 6.45) is 4.97. The molecule has 3 heterocycles. The van der Waals surface area contributed by atoms with Gasteiger partial charge in [-0.3, -0.25) is 4.98 Å². The smallest absolute Gasteiger partial charge is 0.373 e. The van der Waals surface area contributed by atoms with Gasteiger partial charge >= 0.3 is 5.82 Å². The zero-order chi connectivity index (χ0) is 15.5. The molecule has 3 rings (SSSR count). The maximum Gasteiger partial charge on any atom is 0.373 e. The highest BCUT2D eigenvalue weighted by molar-refractivity contribution is 7.15. The van der Waals surface area contributed by atoms with Gasteiger partial charge in [0.15, 0.2) is 0 Å². The van der Waals surface area contributed by atoms with Gasteiger partial charge in [0, 0.05) is 30.9 Å². The Hall–Kier alpha value is -2.52. The van der Waals surface area contributed by atoms with Crippen molar-refractivity contribution in [1.82, 2.24) is 14.4 Å². The average molecular weight is 319 g/mol. The first-order valence-corrected chi connectivity index (χ1v) is 7.43. The number of aliphatic hydroxyl groups excluding tert-OH is 1. The van der Waals surface area contributed by atoms with E-state index in [1.165, 1.54) is 15.7 Å². The van der Waals surface area contributed by atoms with Crippen LogP contribution < -0.4 is 4.90 Å². The Morgan fingerprint density at radius 3 is 3.05 bits per heavy atom. The third-order valence-corrected chi connectivity index (χ3v) is 3.91. The van der Waals surface area contributed by atoms with Crippen LogP contribution in [0.3, 0.4) is 0 Å². The quantitative estimate of drug-likeness (QED) is 0.548. The number of hydrogen-bond donors (Lipinski definition) is 1. The number of thiazole rings is 1. The van der Waals surface area contributed by atoms with Crippen LogP contribution in [0.25, 0.3) is 4.96 Å². The molecule has 9 heteroatoms. The molecule has 0 bridgehead atoms. The first-order valence-electron chi connectivity index (χ1n) is 6.55. The summed E-state index contributed by atoms with van der Waals surface area (Å²) in [4.78, 5) is 21.6. The number of nitrogens with zero attached hydrogens (tertiary/aromatic N) is 5. The molecular weight excluding hydrogens is 306 g/mol. The van der Waals surface area contributed by atoms with Crippen molar-refractivity contribution >= 4 is 27.9 Å². The van der Waals surface area contributed by atoms with Gasteiger partial charge < -0.3 is 20.1 Å². The van der Waals surface area contributed by atoms with Gasteiger partial charge in [0.25, 0.3) is 4.96 Å². The summed E-state index contributed by atoms with van der Waals surface area (Å²) in [5, 5.41) is 22.4. The van der Waals surface area contributed by atoms with Crippen LogP contribution in [0, 0.1) is 10.1 Å². The van der Waals surface area contributed by atoms with E-state index in [1.54, 1.807) is 34.9 Å². The number of fused-ring (bicyclic) bond motifs is 1. The molecule has 1 N–H and O–H groups in total. The average Bonchev–Trinajstić information content (AvgIpc) is 3.07. The van der Waals surface area contributed by atoms with Crippen LogP contribution in [0.5, 0.6) is 0 Å². The Bertz CT molecular complexity index is 785. The van der Waals surface area contributed by atoms with Gasteiger partial charge in [-0.25, -0.2) is 0 Å². The fourth-order valence-corrected chi connectivity index (χ4v) is 2.94. The fraction of sp³-hybridized carbons (Fsp3) is 0.231. The van der Waals surface area contributed by atoms with E-state index in [0.717, 1.165) is 5.56 Å². The van der Waals surface area contributed by atoms with Crippen molar-refractivity contribution in [3.05, 3.63) is 51.8 Å². The Labute approximate surface area is 129 Å². The van der Waals surface area contributed by atoms with Crippen LogP contribution in [0.2, 0.25) is 0 Å². The van der Waals surface area contributed by atoms with Crippen LogP contribution >= 0.6 is 11.3 Å². The highest BCUT2D eigenvalue weighted by Crippen LogP contribution is 2.31. The molecule has 0 fully saturated rings. The molecule has 0 saturated heterocycles. The van der Waals surface area contributed by atoms with Gasteiger partial charge in [-0.2, -0.15) is 9.38 Å². The maximum atomic E-state index is 11.4. The lowest BCUT2D eigenvalue weighted by Crippen LogP contribution is -2.27. The molecule has 0 amide bonds. The number of aliphatic hydroxyl groups is 1. The predicted molar refractivity (Wildman–Crippen MR) is 82.1 cm³/mol. The molecule has 3 aromatic heterocycles. The SMILES string of the molecule is O=[N+]([O-])c1c(N(CCO)Cc2cccnc2)nc2sccn12. The van der Waals surface area contributed by atoms with E-state index < -0.39 is 4.92 Å². The molecule has 114 valence electrons. The Morgan fingerprint density at radius 1 is 1.50 bits per heavy atom. The highest BCUT2D eigenvalue weighted by atomic mass is 32.1. The second-order valence-electron chi connectivity index (χ2n) is 4.58. The molecule has 0 spiro atoms. The van der Waals surface area contributed by atoms with Gasteiger partial charge in [-0.1, -0.05) is 17.4 Å². The summed E-state index contributed by atoms with van der Waals surface area (Å²) in [5.74, 6) is 0.170. The summed E-state index contributed by atoms with van der Waals surface area (Å²) in [5.41, 5.74) is 0.890. The maximum absolute atomic E-state index is 11.4. The zero-order valence-electron chi connectivity index (χ0n) is 11.5. The lowest BCUT2D eigenvalue weighted by molar-refractivity contribution is -0.389. The van der Waals surface area contributed by atoms with E-state index in [1.807, 2.05) is 6.07 Å². The minimum absolute atomic E-state index is 0.0893. The van der Waals surface area contributed by atoms with Crippen molar-refractivity contribution in [2.24, 2.45) is 0 Å². The summed E-state index contributed by atoms with van der Waals surface area (Å²) in [6, 6.07) is 3.67. The number of nitro groups is 1. The Kier molecular flexibility index (Phi) is 3.98. The molecule has 0 aromatic carbocycles. The molecule has 0 atom stereocenters. The molecule has 0 radical (unpaired) electrons. The van der Waals surface area contributed by atoms with E-state index >= 15 is 0 Å². The van der Waals surface area contributed by atoms with E-state index in [2.05, 4.69) is 9.97 Å². The first-order chi connectivity index (χ1) is 10.7. The standard InChI is InChI=1S/C13H13N5O3S/c19-6-4-16(9-10-2-1-3-14-8-10)11-12(18(20)21)17-5-7-22-13(17)15-11/h1-3,5,7-8,19H,4,6,9H2. The zero-order valence-corrected chi connectivity index (χ0v) is 12.3. The third-order valence-electron chi connectivity index (χ3n) is 3.16. The Morgan fingerprint density at radius 2 is 2.36 bits per heavy atom. The molecular formula is C13H13N5O3S. The highest BCUT2D eigenvalue weighted by Gasteiger charge is 2.27. The van der Waals surface area contributed by atoms with E-state index in [0.29, 0.717) is 11.5 Å². The predicted octanol–water partition coefficient (Wildman–Crippen LogP) is 1.70. The summed E-state index contributed by atoms with van der Waals surface area (Å²) in [6.45, 7) is 0.517. The van der Waals surface area contributed by atoms with Gasteiger partial charge in [-0.05, 0) is 16.6 Å². The van der Waals surface area contributed by atoms with Crippen LogP contribution in [-0.2, 0) is 6.54 Å². The lowest BCUT2D eigenvalue weighted by atomic mass is 10.2. The largest absolute Gasteiger partial charge is 0.395 e. The fourth-order valence-electron chi connectivity index (χ4n) is 2.24. The van der Waals surface area contributed by atoms with Gasteiger partial charge in [-0.15, -0.1) is 0 Å². The molecule has 22 heavy (non-hydrogen) atoms. The lowest BCUT2D eigenvalue weighted by Gasteiger charge is -2.20. The number of imidazole rings is 1. The Balaban J connectivity index is 2.02. The van der Waals surface area contributed by atoms with E-state index in [9.17, 15) is 15.2 Å². The normalized spacial score (nSPS) is 11.0. The molecule has 0 saturated carbocycles. The topological polar surface area (TPSA) is 96.8 Å². The minimum Gasteiger partial charge on any atom is -0.395 e. The molecule has 8 nitrogen and oxygen atoms in total. The number of aromatic nitrogens is 3. The van der Waals surface area contributed by atoms with Gasteiger partial charge in [0.1, 0.15) is 6.20 Å². The monoisotopic (exact) mass is 319 g/mol. The molecule has 0 aliphatic heterocycles. The van der Waals surface area contributed by atoms with Crippen molar-refractivity contribution in [2.45, 2.75) is 6.54 Å². The van der Waals surface area contributed by atoms with Crippen molar-refractivity contribution in [3.63, 3.8) is 0 Å². The first kappa shape index (κ1) is 14.4. The van der Waals surface area contributed by atoms with Gasteiger partial charge in [0.2, 0.25) is 5.82 Å². The van der Waals surface area contributed by atoms with Crippen molar-refractivity contribution in [3.8, 4) is 0 Å². The third kappa shape index (κ3) is 2.63. The second kappa shape index (κ2) is 6.08. The molecule has 3 aromatic rings. The molecule has 0 aliphatic carbocycles. The molecule has 0 unspecified atom stereocenters. The van der Waals surface area contributed by atoms with Crippen LogP contribution in [0.15, 0.2) is 36.1 Å². The van der Waals surface area contributed by atoms with Crippen molar-refractivity contribution < 1.29 is 10.0 Å². The van der Waals surface area contributed by atoms with Crippen LogP contribution in [0.4, 0.5) is 11.6 Å². The number of hydrogen-bond acceptors (Lipinski definition) is 7. The minimum atomic E-state index is -0.449. The van der Waals surface area contributed by atoms with E-state index in [-0.39, 0.29) is 24.8 Å². The molecule has 0 aliphatic rings. The number of pyridine rings is 1. The summed E-state index contributed by atoms with van der Waals surface area (Å²) in [7, 11) is 0. The summed E-state index contributed by atoms with van der Waals surface area (Å²) < 4.78 is 1.45. The number of rotatable bonds is 6.